The Morgan fingerprint density at radius 3 is 2.32 bits per heavy atom. The van der Waals surface area contributed by atoms with E-state index >= 15 is 0 Å². The molecular weight excluding hydrogens is 462 g/mol. The molecule has 3 aromatic rings. The van der Waals surface area contributed by atoms with Crippen molar-refractivity contribution in [1.82, 2.24) is 4.57 Å². The average Bonchev–Trinajstić information content (AvgIpc) is 3.06. The molecule has 1 amide bonds. The van der Waals surface area contributed by atoms with Crippen LogP contribution in [-0.4, -0.2) is 28.0 Å². The van der Waals surface area contributed by atoms with Crippen molar-refractivity contribution in [2.45, 2.75) is 20.0 Å². The Kier molecular flexibility index (Phi) is 6.70. The molecule has 12 heteroatoms. The van der Waals surface area contributed by atoms with Crippen LogP contribution in [0.2, 0.25) is 0 Å². The van der Waals surface area contributed by atoms with Gasteiger partial charge in [0.25, 0.3) is 11.6 Å². The Morgan fingerprint density at radius 1 is 1.09 bits per heavy atom. The lowest BCUT2D eigenvalue weighted by Gasteiger charge is -2.13. The van der Waals surface area contributed by atoms with E-state index in [0.717, 1.165) is 12.1 Å². The normalized spacial score (nSPS) is 11.2. The van der Waals surface area contributed by atoms with Crippen LogP contribution in [0.25, 0.3) is 5.69 Å². The van der Waals surface area contributed by atoms with Crippen molar-refractivity contribution in [3.8, 4) is 5.69 Å². The number of hydrogen-bond donors (Lipinski definition) is 1. The molecule has 3 rings (SSSR count). The van der Waals surface area contributed by atoms with Gasteiger partial charge in [0, 0.05) is 29.2 Å². The number of nitrogens with zero attached hydrogens (tertiary/aromatic N) is 2. The van der Waals surface area contributed by atoms with E-state index in [9.17, 15) is 37.3 Å². The summed E-state index contributed by atoms with van der Waals surface area (Å²) in [7, 11) is 0. The molecular formula is C22H17F4N3O5. The molecule has 2 aromatic carbocycles. The van der Waals surface area contributed by atoms with Gasteiger partial charge in [-0.25, -0.2) is 9.18 Å². The Balaban J connectivity index is 1.73. The zero-order valence-corrected chi connectivity index (χ0v) is 17.8. The third kappa shape index (κ3) is 5.22. The van der Waals surface area contributed by atoms with Crippen LogP contribution in [0, 0.1) is 29.8 Å². The fourth-order valence-corrected chi connectivity index (χ4v) is 3.34. The molecule has 0 atom stereocenters. The van der Waals surface area contributed by atoms with Crippen LogP contribution in [0.3, 0.4) is 0 Å². The molecule has 0 aliphatic rings. The van der Waals surface area contributed by atoms with E-state index in [1.807, 2.05) is 5.32 Å². The SMILES string of the molecule is Cc1cc(C(=O)OCC(=O)Nc2ccc([N+](=O)[O-])cc2C(F)(F)F)c(C)n1-c1ccc(F)cc1. The number of carbonyl (C=O) groups excluding carboxylic acids is 2. The van der Waals surface area contributed by atoms with Gasteiger partial charge in [-0.15, -0.1) is 0 Å². The summed E-state index contributed by atoms with van der Waals surface area (Å²) in [6, 6.07) is 8.88. The van der Waals surface area contributed by atoms with Crippen molar-refractivity contribution >= 4 is 23.3 Å². The number of hydrogen-bond acceptors (Lipinski definition) is 5. The monoisotopic (exact) mass is 479 g/mol. The molecule has 8 nitrogen and oxygen atoms in total. The summed E-state index contributed by atoms with van der Waals surface area (Å²) in [6.45, 7) is 2.42. The van der Waals surface area contributed by atoms with Crippen LogP contribution in [0.4, 0.5) is 28.9 Å². The van der Waals surface area contributed by atoms with Crippen LogP contribution in [0.5, 0.6) is 0 Å². The zero-order chi connectivity index (χ0) is 25.2. The van der Waals surface area contributed by atoms with Crippen molar-refractivity contribution < 1.29 is 36.8 Å². The second-order valence-electron chi connectivity index (χ2n) is 7.21. The summed E-state index contributed by atoms with van der Waals surface area (Å²) in [5, 5.41) is 12.7. The molecule has 1 N–H and O–H groups in total. The number of carbonyl (C=O) groups is 2. The minimum Gasteiger partial charge on any atom is -0.452 e. The van der Waals surface area contributed by atoms with Crippen molar-refractivity contribution in [3.05, 3.63) is 87.0 Å². The summed E-state index contributed by atoms with van der Waals surface area (Å²) in [6.07, 6.45) is -4.97. The van der Waals surface area contributed by atoms with Gasteiger partial charge in [0.05, 0.1) is 21.7 Å². The second-order valence-corrected chi connectivity index (χ2v) is 7.21. The van der Waals surface area contributed by atoms with Crippen molar-refractivity contribution in [3.63, 3.8) is 0 Å². The van der Waals surface area contributed by atoms with Gasteiger partial charge in [-0.05, 0) is 50.2 Å². The first-order chi connectivity index (χ1) is 15.9. The molecule has 0 aliphatic carbocycles. The Bertz CT molecular complexity index is 1270. The maximum absolute atomic E-state index is 13.2. The topological polar surface area (TPSA) is 103 Å². The van der Waals surface area contributed by atoms with E-state index in [1.165, 1.54) is 30.3 Å². The Hall–Kier alpha value is -4.22. The zero-order valence-electron chi connectivity index (χ0n) is 17.8. The predicted octanol–water partition coefficient (Wildman–Crippen LogP) is 4.96. The molecule has 178 valence electrons. The first-order valence-corrected chi connectivity index (χ1v) is 9.66. The molecule has 0 saturated heterocycles. The lowest BCUT2D eigenvalue weighted by molar-refractivity contribution is -0.385. The Morgan fingerprint density at radius 2 is 1.74 bits per heavy atom. The maximum atomic E-state index is 13.2. The van der Waals surface area contributed by atoms with Crippen LogP contribution in [0.15, 0.2) is 48.5 Å². The van der Waals surface area contributed by atoms with E-state index < -0.39 is 52.3 Å². The number of nitro benzene ring substituents is 1. The van der Waals surface area contributed by atoms with Gasteiger partial charge in [0.2, 0.25) is 0 Å². The number of non-ortho nitro benzene ring substituents is 1. The van der Waals surface area contributed by atoms with Crippen molar-refractivity contribution in [2.75, 3.05) is 11.9 Å². The highest BCUT2D eigenvalue weighted by Gasteiger charge is 2.35. The molecule has 1 heterocycles. The maximum Gasteiger partial charge on any atom is 0.418 e. The van der Waals surface area contributed by atoms with Crippen molar-refractivity contribution in [2.24, 2.45) is 0 Å². The molecule has 0 spiro atoms. The fourth-order valence-electron chi connectivity index (χ4n) is 3.34. The van der Waals surface area contributed by atoms with Gasteiger partial charge in [-0.3, -0.25) is 14.9 Å². The number of anilines is 1. The number of alkyl halides is 3. The predicted molar refractivity (Wildman–Crippen MR) is 112 cm³/mol. The lowest BCUT2D eigenvalue weighted by atomic mass is 10.1. The van der Waals surface area contributed by atoms with Gasteiger partial charge >= 0.3 is 12.1 Å². The van der Waals surface area contributed by atoms with E-state index in [1.54, 1.807) is 18.4 Å². The molecule has 0 saturated carbocycles. The largest absolute Gasteiger partial charge is 0.452 e. The number of benzene rings is 2. The summed E-state index contributed by atoms with van der Waals surface area (Å²) in [5.41, 5.74) is -1.15. The van der Waals surface area contributed by atoms with E-state index in [2.05, 4.69) is 0 Å². The number of rotatable bonds is 6. The van der Waals surface area contributed by atoms with E-state index in [-0.39, 0.29) is 5.56 Å². The summed E-state index contributed by atoms with van der Waals surface area (Å²) >= 11 is 0. The van der Waals surface area contributed by atoms with Gasteiger partial charge in [-0.1, -0.05) is 0 Å². The van der Waals surface area contributed by atoms with Gasteiger partial charge in [-0.2, -0.15) is 13.2 Å². The number of aromatic nitrogens is 1. The number of nitrogens with one attached hydrogen (secondary N) is 1. The highest BCUT2D eigenvalue weighted by molar-refractivity contribution is 5.96. The summed E-state index contributed by atoms with van der Waals surface area (Å²) < 4.78 is 59.5. The minimum absolute atomic E-state index is 0.112. The smallest absolute Gasteiger partial charge is 0.418 e. The Labute approximate surface area is 189 Å². The average molecular weight is 479 g/mol. The van der Waals surface area contributed by atoms with Gasteiger partial charge in [0.1, 0.15) is 5.82 Å². The number of aryl methyl sites for hydroxylation is 1. The number of esters is 1. The number of nitro groups is 1. The molecule has 1 aromatic heterocycles. The fraction of sp³-hybridized carbons (Fsp3) is 0.182. The molecule has 0 bridgehead atoms. The van der Waals surface area contributed by atoms with E-state index in [0.29, 0.717) is 23.1 Å². The second kappa shape index (κ2) is 9.33. The molecule has 0 fully saturated rings. The number of amides is 1. The third-order valence-electron chi connectivity index (χ3n) is 4.86. The third-order valence-corrected chi connectivity index (χ3v) is 4.86. The van der Waals surface area contributed by atoms with Crippen molar-refractivity contribution in [1.29, 1.82) is 0 Å². The van der Waals surface area contributed by atoms with Crippen LogP contribution >= 0.6 is 0 Å². The molecule has 0 aliphatic heterocycles. The molecule has 0 unspecified atom stereocenters. The highest BCUT2D eigenvalue weighted by atomic mass is 19.4. The lowest BCUT2D eigenvalue weighted by Crippen LogP contribution is -2.23. The number of halogens is 4. The van der Waals surface area contributed by atoms with Crippen LogP contribution < -0.4 is 5.32 Å². The quantitative estimate of drug-likeness (QED) is 0.233. The first kappa shape index (κ1) is 24.4. The number of ether oxygens (including phenoxy) is 1. The van der Waals surface area contributed by atoms with E-state index in [4.69, 9.17) is 4.74 Å². The summed E-state index contributed by atoms with van der Waals surface area (Å²) in [4.78, 5) is 34.4. The molecule has 0 radical (unpaired) electrons. The van der Waals surface area contributed by atoms with Gasteiger partial charge in [0.15, 0.2) is 6.61 Å². The minimum atomic E-state index is -4.97. The molecule has 34 heavy (non-hydrogen) atoms. The van der Waals surface area contributed by atoms with Crippen LogP contribution in [0.1, 0.15) is 27.3 Å². The standard InChI is InChI=1S/C22H17F4N3O5/c1-12-9-17(13(2)28(12)15-5-3-14(23)4-6-15)21(31)34-11-20(30)27-19-8-7-16(29(32)33)10-18(19)22(24,25)26/h3-10H,11H2,1-2H3,(H,27,30). The van der Waals surface area contributed by atoms with Gasteiger partial charge < -0.3 is 14.6 Å². The van der Waals surface area contributed by atoms with Crippen LogP contribution in [-0.2, 0) is 15.7 Å². The summed E-state index contributed by atoms with van der Waals surface area (Å²) in [5.74, 6) is -2.39. The first-order valence-electron chi connectivity index (χ1n) is 9.66. The highest BCUT2D eigenvalue weighted by Crippen LogP contribution is 2.37.